The topological polar surface area (TPSA) is 47.1 Å². The third kappa shape index (κ3) is 2.59. The van der Waals surface area contributed by atoms with E-state index in [-0.39, 0.29) is 6.04 Å². The number of hydrogen-bond donors (Lipinski definition) is 1. The van der Waals surface area contributed by atoms with Crippen molar-refractivity contribution in [2.75, 3.05) is 13.1 Å². The number of likely N-dealkylation sites (tertiary alicyclic amines) is 1. The Hall–Kier alpha value is -0.870. The molecule has 2 rings (SSSR count). The zero-order chi connectivity index (χ0) is 13.3. The van der Waals surface area contributed by atoms with E-state index in [1.54, 1.807) is 0 Å². The van der Waals surface area contributed by atoms with Gasteiger partial charge >= 0.3 is 0 Å². The van der Waals surface area contributed by atoms with Crippen molar-refractivity contribution in [2.45, 2.75) is 45.7 Å². The highest BCUT2D eigenvalue weighted by Crippen LogP contribution is 2.33. The number of nitrogens with two attached hydrogens (primary N) is 1. The second-order valence-electron chi connectivity index (χ2n) is 5.84. The van der Waals surface area contributed by atoms with Crippen LogP contribution in [0.5, 0.6) is 0 Å². The lowest BCUT2D eigenvalue weighted by molar-refractivity contribution is 0.220. The van der Waals surface area contributed by atoms with Gasteiger partial charge in [-0.3, -0.25) is 9.58 Å². The lowest BCUT2D eigenvalue weighted by Crippen LogP contribution is -2.34. The van der Waals surface area contributed by atoms with Crippen LogP contribution in [0.1, 0.15) is 44.5 Å². The highest BCUT2D eigenvalue weighted by molar-refractivity contribution is 5.24. The summed E-state index contributed by atoms with van der Waals surface area (Å²) >= 11 is 0. The van der Waals surface area contributed by atoms with E-state index < -0.39 is 0 Å². The van der Waals surface area contributed by atoms with E-state index in [9.17, 15) is 0 Å². The van der Waals surface area contributed by atoms with Crippen molar-refractivity contribution in [2.24, 2.45) is 18.7 Å². The van der Waals surface area contributed by atoms with Gasteiger partial charge in [-0.05, 0) is 18.8 Å². The van der Waals surface area contributed by atoms with Gasteiger partial charge in [-0.1, -0.05) is 20.8 Å². The van der Waals surface area contributed by atoms with Crippen LogP contribution < -0.4 is 5.73 Å². The molecule has 2 atom stereocenters. The maximum atomic E-state index is 6.33. The molecule has 1 aromatic heterocycles. The Kier molecular flexibility index (Phi) is 4.07. The Labute approximate surface area is 110 Å². The van der Waals surface area contributed by atoms with Crippen molar-refractivity contribution in [3.8, 4) is 0 Å². The summed E-state index contributed by atoms with van der Waals surface area (Å²) in [6.07, 6.45) is 4.23. The summed E-state index contributed by atoms with van der Waals surface area (Å²) in [5.74, 6) is 0.680. The normalized spacial score (nSPS) is 25.2. The molecule has 0 saturated carbocycles. The van der Waals surface area contributed by atoms with Crippen molar-refractivity contribution in [3.63, 3.8) is 0 Å². The number of rotatable bonds is 4. The smallest absolute Gasteiger partial charge is 0.0670 e. The lowest BCUT2D eigenvalue weighted by Gasteiger charge is -2.28. The van der Waals surface area contributed by atoms with Crippen molar-refractivity contribution < 1.29 is 0 Å². The maximum Gasteiger partial charge on any atom is 0.0670 e. The average molecular weight is 250 g/mol. The highest BCUT2D eigenvalue weighted by atomic mass is 15.3. The molecule has 1 fully saturated rings. The first-order chi connectivity index (χ1) is 8.52. The summed E-state index contributed by atoms with van der Waals surface area (Å²) in [5, 5.41) is 4.56. The van der Waals surface area contributed by atoms with Gasteiger partial charge < -0.3 is 5.73 Å². The molecule has 2 heterocycles. The van der Waals surface area contributed by atoms with Crippen LogP contribution in [0.25, 0.3) is 0 Å². The molecular weight excluding hydrogens is 224 g/mol. The molecule has 2 N–H and O–H groups in total. The summed E-state index contributed by atoms with van der Waals surface area (Å²) in [6, 6.07) is 0.606. The summed E-state index contributed by atoms with van der Waals surface area (Å²) in [6.45, 7) is 8.94. The molecule has 0 aliphatic carbocycles. The van der Waals surface area contributed by atoms with Gasteiger partial charge in [0.1, 0.15) is 0 Å². The molecular formula is C14H26N4. The summed E-state index contributed by atoms with van der Waals surface area (Å²) in [7, 11) is 2.00. The first-order valence-electron chi connectivity index (χ1n) is 7.05. The van der Waals surface area contributed by atoms with E-state index in [1.807, 2.05) is 11.7 Å². The molecule has 4 nitrogen and oxygen atoms in total. The second-order valence-corrected chi connectivity index (χ2v) is 5.84. The van der Waals surface area contributed by atoms with E-state index in [2.05, 4.69) is 37.0 Å². The third-order valence-corrected chi connectivity index (χ3v) is 3.74. The van der Waals surface area contributed by atoms with Gasteiger partial charge in [0.25, 0.3) is 0 Å². The van der Waals surface area contributed by atoms with Gasteiger partial charge in [0.05, 0.1) is 11.7 Å². The molecule has 1 aliphatic heterocycles. The minimum Gasteiger partial charge on any atom is -0.326 e. The van der Waals surface area contributed by atoms with Crippen molar-refractivity contribution in [1.29, 1.82) is 0 Å². The van der Waals surface area contributed by atoms with Gasteiger partial charge in [0, 0.05) is 37.9 Å². The molecule has 4 heteroatoms. The van der Waals surface area contributed by atoms with E-state index >= 15 is 0 Å². The van der Waals surface area contributed by atoms with Crippen LogP contribution in [-0.2, 0) is 13.5 Å². The van der Waals surface area contributed by atoms with Crippen LogP contribution in [0.2, 0.25) is 0 Å². The van der Waals surface area contributed by atoms with Crippen LogP contribution in [0.15, 0.2) is 6.20 Å². The number of aryl methyl sites for hydroxylation is 2. The summed E-state index contributed by atoms with van der Waals surface area (Å²) in [4.78, 5) is 2.53. The van der Waals surface area contributed by atoms with Gasteiger partial charge in [-0.25, -0.2) is 0 Å². The standard InChI is InChI=1S/C14H26N4/c1-5-13-11(9-17(4)16-13)14-12(15)6-7-18(14)8-10(2)3/h9-10,12,14H,5-8,15H2,1-4H3. The van der Waals surface area contributed by atoms with E-state index in [1.165, 1.54) is 11.3 Å². The average Bonchev–Trinajstić information content (AvgIpc) is 2.81. The third-order valence-electron chi connectivity index (χ3n) is 3.74. The monoisotopic (exact) mass is 250 g/mol. The van der Waals surface area contributed by atoms with Crippen molar-refractivity contribution in [3.05, 3.63) is 17.5 Å². The first kappa shape index (κ1) is 13.6. The second kappa shape index (κ2) is 5.41. The highest BCUT2D eigenvalue weighted by Gasteiger charge is 2.35. The molecule has 1 aliphatic rings. The zero-order valence-corrected chi connectivity index (χ0v) is 12.1. The Morgan fingerprint density at radius 1 is 1.50 bits per heavy atom. The molecule has 1 aromatic rings. The SMILES string of the molecule is CCc1nn(C)cc1C1C(N)CCN1CC(C)C. The van der Waals surface area contributed by atoms with E-state index in [0.29, 0.717) is 12.0 Å². The lowest BCUT2D eigenvalue weighted by atomic mass is 10.00. The molecule has 0 spiro atoms. The molecule has 0 radical (unpaired) electrons. The zero-order valence-electron chi connectivity index (χ0n) is 12.1. The molecule has 0 amide bonds. The molecule has 2 unspecified atom stereocenters. The van der Waals surface area contributed by atoms with Crippen molar-refractivity contribution in [1.82, 2.24) is 14.7 Å². The molecule has 0 aromatic carbocycles. The Balaban J connectivity index is 2.27. The Morgan fingerprint density at radius 2 is 2.22 bits per heavy atom. The van der Waals surface area contributed by atoms with Gasteiger partial charge in [0.2, 0.25) is 0 Å². The minimum atomic E-state index is 0.248. The van der Waals surface area contributed by atoms with Gasteiger partial charge in [-0.2, -0.15) is 5.10 Å². The summed E-state index contributed by atoms with van der Waals surface area (Å²) in [5.41, 5.74) is 8.87. The van der Waals surface area contributed by atoms with Crippen LogP contribution in [0, 0.1) is 5.92 Å². The minimum absolute atomic E-state index is 0.248. The fraction of sp³-hybridized carbons (Fsp3) is 0.786. The predicted octanol–water partition coefficient (Wildman–Crippen LogP) is 1.71. The summed E-state index contributed by atoms with van der Waals surface area (Å²) < 4.78 is 1.92. The number of nitrogens with zero attached hydrogens (tertiary/aromatic N) is 3. The Bertz CT molecular complexity index is 396. The Morgan fingerprint density at radius 3 is 2.83 bits per heavy atom. The fourth-order valence-electron chi connectivity index (χ4n) is 3.06. The predicted molar refractivity (Wildman–Crippen MR) is 74.3 cm³/mol. The van der Waals surface area contributed by atoms with Gasteiger partial charge in [0.15, 0.2) is 0 Å². The quantitative estimate of drug-likeness (QED) is 0.885. The van der Waals surface area contributed by atoms with Crippen LogP contribution in [0.3, 0.4) is 0 Å². The van der Waals surface area contributed by atoms with E-state index in [0.717, 1.165) is 25.9 Å². The molecule has 102 valence electrons. The first-order valence-corrected chi connectivity index (χ1v) is 7.05. The van der Waals surface area contributed by atoms with Crippen LogP contribution in [0.4, 0.5) is 0 Å². The molecule has 0 bridgehead atoms. The largest absolute Gasteiger partial charge is 0.326 e. The molecule has 1 saturated heterocycles. The fourth-order valence-corrected chi connectivity index (χ4v) is 3.06. The van der Waals surface area contributed by atoms with Crippen molar-refractivity contribution >= 4 is 0 Å². The number of aromatic nitrogens is 2. The van der Waals surface area contributed by atoms with Gasteiger partial charge in [-0.15, -0.1) is 0 Å². The maximum absolute atomic E-state index is 6.33. The molecule has 18 heavy (non-hydrogen) atoms. The van der Waals surface area contributed by atoms with Crippen LogP contribution in [-0.4, -0.2) is 33.8 Å². The van der Waals surface area contributed by atoms with E-state index in [4.69, 9.17) is 5.73 Å². The van der Waals surface area contributed by atoms with Crippen LogP contribution >= 0.6 is 0 Å². The number of hydrogen-bond acceptors (Lipinski definition) is 3.